The van der Waals surface area contributed by atoms with E-state index in [0.29, 0.717) is 5.56 Å². The van der Waals surface area contributed by atoms with Gasteiger partial charge in [0.2, 0.25) is 5.91 Å². The molecule has 0 spiro atoms. The molecule has 2 aromatic carbocycles. The Kier molecular flexibility index (Phi) is 6.31. The Morgan fingerprint density at radius 2 is 1.72 bits per heavy atom. The normalized spacial score (nSPS) is 11.1. The maximum absolute atomic E-state index is 13.2. The van der Waals surface area contributed by atoms with Gasteiger partial charge in [0.05, 0.1) is 34.5 Å². The first-order chi connectivity index (χ1) is 13.5. The fraction of sp³-hybridized carbons (Fsp3) is 0.250. The third-order valence-electron chi connectivity index (χ3n) is 4.23. The number of amides is 2. The SMILES string of the molecule is CCOC(=O)c1c(C)cc(C(N)=O)c(C(=O)Nc2ccccc2C(F)(F)F)c1C. The number of carbonyl (C=O) groups is 3. The van der Waals surface area contributed by atoms with Gasteiger partial charge in [-0.2, -0.15) is 13.2 Å². The average Bonchev–Trinajstić information content (AvgIpc) is 2.60. The monoisotopic (exact) mass is 408 g/mol. The summed E-state index contributed by atoms with van der Waals surface area (Å²) in [4.78, 5) is 37.0. The maximum atomic E-state index is 13.2. The first kappa shape index (κ1) is 21.9. The summed E-state index contributed by atoms with van der Waals surface area (Å²) < 4.78 is 44.6. The Balaban J connectivity index is 2.62. The molecule has 6 nitrogen and oxygen atoms in total. The molecule has 0 aliphatic carbocycles. The van der Waals surface area contributed by atoms with Crippen molar-refractivity contribution in [3.63, 3.8) is 0 Å². The molecule has 0 atom stereocenters. The highest BCUT2D eigenvalue weighted by atomic mass is 19.4. The minimum Gasteiger partial charge on any atom is -0.462 e. The van der Waals surface area contributed by atoms with Crippen molar-refractivity contribution in [3.8, 4) is 0 Å². The summed E-state index contributed by atoms with van der Waals surface area (Å²) in [6.45, 7) is 4.61. The van der Waals surface area contributed by atoms with Crippen molar-refractivity contribution in [2.45, 2.75) is 26.9 Å². The van der Waals surface area contributed by atoms with Crippen LogP contribution in [0.1, 0.15) is 54.7 Å². The van der Waals surface area contributed by atoms with Crippen LogP contribution in [-0.2, 0) is 10.9 Å². The Bertz CT molecular complexity index is 984. The topological polar surface area (TPSA) is 98.5 Å². The molecule has 29 heavy (non-hydrogen) atoms. The zero-order valence-electron chi connectivity index (χ0n) is 15.9. The highest BCUT2D eigenvalue weighted by molar-refractivity contribution is 6.14. The van der Waals surface area contributed by atoms with Crippen molar-refractivity contribution < 1.29 is 32.3 Å². The highest BCUT2D eigenvalue weighted by Crippen LogP contribution is 2.35. The number of hydrogen-bond acceptors (Lipinski definition) is 4. The third kappa shape index (κ3) is 4.56. The van der Waals surface area contributed by atoms with Crippen LogP contribution in [0.15, 0.2) is 30.3 Å². The molecule has 0 aliphatic heterocycles. The molecule has 2 aromatic rings. The van der Waals surface area contributed by atoms with Crippen LogP contribution < -0.4 is 11.1 Å². The van der Waals surface area contributed by atoms with E-state index in [0.717, 1.165) is 12.1 Å². The number of benzene rings is 2. The first-order valence-electron chi connectivity index (χ1n) is 8.57. The summed E-state index contributed by atoms with van der Waals surface area (Å²) >= 11 is 0. The van der Waals surface area contributed by atoms with Crippen molar-refractivity contribution >= 4 is 23.5 Å². The number of anilines is 1. The second kappa shape index (κ2) is 8.34. The Morgan fingerprint density at radius 1 is 1.10 bits per heavy atom. The van der Waals surface area contributed by atoms with Crippen molar-refractivity contribution in [3.05, 3.63) is 63.7 Å². The van der Waals surface area contributed by atoms with Crippen LogP contribution >= 0.6 is 0 Å². The summed E-state index contributed by atoms with van der Waals surface area (Å²) in [6.07, 6.45) is -4.70. The lowest BCUT2D eigenvalue weighted by atomic mass is 9.91. The van der Waals surface area contributed by atoms with Crippen LogP contribution in [0.4, 0.5) is 18.9 Å². The van der Waals surface area contributed by atoms with Gasteiger partial charge in [0.25, 0.3) is 5.91 Å². The van der Waals surface area contributed by atoms with Crippen molar-refractivity contribution in [2.24, 2.45) is 5.73 Å². The minimum atomic E-state index is -4.70. The van der Waals surface area contributed by atoms with Crippen LogP contribution in [-0.4, -0.2) is 24.4 Å². The number of alkyl halides is 3. The van der Waals surface area contributed by atoms with Crippen molar-refractivity contribution in [1.82, 2.24) is 0 Å². The zero-order chi connectivity index (χ0) is 21.9. The molecule has 0 unspecified atom stereocenters. The molecule has 154 valence electrons. The van der Waals surface area contributed by atoms with Crippen molar-refractivity contribution in [2.75, 3.05) is 11.9 Å². The molecular formula is C20H19F3N2O4. The van der Waals surface area contributed by atoms with Crippen molar-refractivity contribution in [1.29, 1.82) is 0 Å². The van der Waals surface area contributed by atoms with Gasteiger partial charge in [-0.3, -0.25) is 9.59 Å². The molecular weight excluding hydrogens is 389 g/mol. The molecule has 0 aromatic heterocycles. The lowest BCUT2D eigenvalue weighted by Crippen LogP contribution is -2.25. The van der Waals surface area contributed by atoms with Gasteiger partial charge in [0.1, 0.15) is 0 Å². The number of aryl methyl sites for hydroxylation is 1. The Morgan fingerprint density at radius 3 is 2.28 bits per heavy atom. The number of carbonyl (C=O) groups excluding carboxylic acids is 3. The number of primary amides is 1. The summed E-state index contributed by atoms with van der Waals surface area (Å²) in [6, 6.07) is 5.65. The Hall–Kier alpha value is -3.36. The van der Waals surface area contributed by atoms with E-state index in [9.17, 15) is 27.6 Å². The number of nitrogens with one attached hydrogen (secondary N) is 1. The average molecular weight is 408 g/mol. The summed E-state index contributed by atoms with van der Waals surface area (Å²) in [5.74, 6) is -2.68. The van der Waals surface area contributed by atoms with Crippen LogP contribution in [0.5, 0.6) is 0 Å². The van der Waals surface area contributed by atoms with E-state index >= 15 is 0 Å². The van der Waals surface area contributed by atoms with Crippen LogP contribution in [0.2, 0.25) is 0 Å². The number of halogens is 3. The smallest absolute Gasteiger partial charge is 0.418 e. The molecule has 0 saturated heterocycles. The fourth-order valence-electron chi connectivity index (χ4n) is 3.01. The first-order valence-corrected chi connectivity index (χ1v) is 8.57. The third-order valence-corrected chi connectivity index (χ3v) is 4.23. The number of nitrogens with two attached hydrogens (primary N) is 1. The van der Waals surface area contributed by atoms with Gasteiger partial charge in [0, 0.05) is 0 Å². The van der Waals surface area contributed by atoms with Crippen LogP contribution in [0.3, 0.4) is 0 Å². The lowest BCUT2D eigenvalue weighted by molar-refractivity contribution is -0.136. The molecule has 0 fully saturated rings. The number of para-hydroxylation sites is 1. The van der Waals surface area contributed by atoms with E-state index in [2.05, 4.69) is 5.32 Å². The number of hydrogen-bond donors (Lipinski definition) is 2. The minimum absolute atomic E-state index is 0.0473. The van der Waals surface area contributed by atoms with Gasteiger partial charge in [0.15, 0.2) is 0 Å². The highest BCUT2D eigenvalue weighted by Gasteiger charge is 2.34. The molecule has 2 rings (SSSR count). The van der Waals surface area contributed by atoms with Crippen LogP contribution in [0.25, 0.3) is 0 Å². The van der Waals surface area contributed by atoms with E-state index in [1.54, 1.807) is 6.92 Å². The van der Waals surface area contributed by atoms with Gasteiger partial charge in [-0.15, -0.1) is 0 Å². The van der Waals surface area contributed by atoms with Gasteiger partial charge >= 0.3 is 12.1 Å². The van der Waals surface area contributed by atoms with Gasteiger partial charge in [-0.25, -0.2) is 4.79 Å². The molecule has 2 amide bonds. The van der Waals surface area contributed by atoms with E-state index in [4.69, 9.17) is 10.5 Å². The number of ether oxygens (including phenoxy) is 1. The maximum Gasteiger partial charge on any atom is 0.418 e. The Labute approximate surface area is 164 Å². The molecule has 0 radical (unpaired) electrons. The lowest BCUT2D eigenvalue weighted by Gasteiger charge is -2.18. The molecule has 0 bridgehead atoms. The molecule has 0 aliphatic rings. The largest absolute Gasteiger partial charge is 0.462 e. The van der Waals surface area contributed by atoms with Gasteiger partial charge in [-0.05, 0) is 50.1 Å². The predicted molar refractivity (Wildman–Crippen MR) is 99.8 cm³/mol. The molecule has 0 heterocycles. The van der Waals surface area contributed by atoms with E-state index in [-0.39, 0.29) is 28.9 Å². The predicted octanol–water partition coefficient (Wildman–Crippen LogP) is 3.85. The van der Waals surface area contributed by atoms with E-state index < -0.39 is 35.2 Å². The number of rotatable bonds is 5. The van der Waals surface area contributed by atoms with Crippen LogP contribution in [0, 0.1) is 13.8 Å². The zero-order valence-corrected chi connectivity index (χ0v) is 15.9. The van der Waals surface area contributed by atoms with Gasteiger partial charge < -0.3 is 15.8 Å². The molecule has 3 N–H and O–H groups in total. The summed E-state index contributed by atoms with van der Waals surface area (Å²) in [7, 11) is 0. The molecule has 9 heteroatoms. The second-order valence-corrected chi connectivity index (χ2v) is 6.20. The van der Waals surface area contributed by atoms with E-state index in [1.165, 1.54) is 32.0 Å². The quantitative estimate of drug-likeness (QED) is 0.734. The number of esters is 1. The van der Waals surface area contributed by atoms with E-state index in [1.807, 2.05) is 0 Å². The fourth-order valence-corrected chi connectivity index (χ4v) is 3.01. The molecule has 0 saturated carbocycles. The standard InChI is InChI=1S/C20H19F3N2O4/c1-4-29-19(28)15-10(2)9-12(17(24)26)16(11(15)3)18(27)25-14-8-6-5-7-13(14)20(21,22)23/h5-9H,4H2,1-3H3,(H2,24,26)(H,25,27). The van der Waals surface area contributed by atoms with Gasteiger partial charge in [-0.1, -0.05) is 12.1 Å². The summed E-state index contributed by atoms with van der Waals surface area (Å²) in [5.41, 5.74) is 3.79. The second-order valence-electron chi connectivity index (χ2n) is 6.20. The summed E-state index contributed by atoms with van der Waals surface area (Å²) in [5, 5.41) is 2.17.